The van der Waals surface area contributed by atoms with E-state index >= 15 is 0 Å². The van der Waals surface area contributed by atoms with E-state index in [2.05, 4.69) is 52.1 Å². The predicted octanol–water partition coefficient (Wildman–Crippen LogP) is 3.41. The van der Waals surface area contributed by atoms with Gasteiger partial charge in [0.25, 0.3) is 0 Å². The molecule has 1 saturated heterocycles. The first-order valence-corrected chi connectivity index (χ1v) is 8.44. The molecule has 0 radical (unpaired) electrons. The van der Waals surface area contributed by atoms with Crippen LogP contribution in [-0.4, -0.2) is 27.1 Å². The average Bonchev–Trinajstić information content (AvgIpc) is 2.94. The lowest BCUT2D eigenvalue weighted by Crippen LogP contribution is -2.36. The molecular weight excluding hydrogens is 284 g/mol. The van der Waals surface area contributed by atoms with Crippen molar-refractivity contribution in [1.82, 2.24) is 19.9 Å². The van der Waals surface area contributed by atoms with Gasteiger partial charge in [0.05, 0.1) is 5.69 Å². The van der Waals surface area contributed by atoms with Gasteiger partial charge in [-0.1, -0.05) is 24.6 Å². The van der Waals surface area contributed by atoms with Gasteiger partial charge < -0.3 is 5.32 Å². The van der Waals surface area contributed by atoms with Crippen molar-refractivity contribution in [3.8, 4) is 5.69 Å². The van der Waals surface area contributed by atoms with E-state index in [-0.39, 0.29) is 0 Å². The van der Waals surface area contributed by atoms with E-state index in [1.807, 2.05) is 12.3 Å². The van der Waals surface area contributed by atoms with Crippen LogP contribution < -0.4 is 5.32 Å². The van der Waals surface area contributed by atoms with E-state index in [1.165, 1.54) is 30.5 Å². The molecule has 0 bridgehead atoms. The summed E-state index contributed by atoms with van der Waals surface area (Å²) in [6.07, 6.45) is 6.61. The van der Waals surface area contributed by atoms with E-state index in [0.29, 0.717) is 6.04 Å². The molecule has 118 valence electrons. The molecule has 0 spiro atoms. The summed E-state index contributed by atoms with van der Waals surface area (Å²) in [5, 5.41) is 3.63. The number of hydrogen-bond acceptors (Lipinski definition) is 3. The second-order valence-electron chi connectivity index (χ2n) is 6.35. The van der Waals surface area contributed by atoms with Gasteiger partial charge in [0.15, 0.2) is 5.65 Å². The third-order valence-corrected chi connectivity index (χ3v) is 4.68. The zero-order valence-electron chi connectivity index (χ0n) is 13.5. The standard InChI is InChI=1S/C19H22N4/c1-14-7-2-3-10-17(14)23-18(13-15-8-4-5-11-20-15)22-16-9-6-12-21-19(16)23/h2-3,6-7,9-10,12,15,20H,4-5,8,11,13H2,1H3. The van der Waals surface area contributed by atoms with Crippen molar-refractivity contribution in [2.45, 2.75) is 38.6 Å². The average molecular weight is 306 g/mol. The first kappa shape index (κ1) is 14.4. The number of nitrogens with one attached hydrogen (secondary N) is 1. The lowest BCUT2D eigenvalue weighted by molar-refractivity contribution is 0.393. The number of fused-ring (bicyclic) bond motifs is 1. The number of rotatable bonds is 3. The number of pyridine rings is 1. The Bertz CT molecular complexity index is 815. The van der Waals surface area contributed by atoms with E-state index < -0.39 is 0 Å². The van der Waals surface area contributed by atoms with Crippen LogP contribution in [0, 0.1) is 6.92 Å². The minimum Gasteiger partial charge on any atom is -0.314 e. The fourth-order valence-electron chi connectivity index (χ4n) is 3.48. The van der Waals surface area contributed by atoms with E-state index in [1.54, 1.807) is 0 Å². The van der Waals surface area contributed by atoms with Crippen LogP contribution in [0.5, 0.6) is 0 Å². The summed E-state index contributed by atoms with van der Waals surface area (Å²) in [7, 11) is 0. The molecule has 0 aliphatic carbocycles. The molecule has 3 aromatic rings. The molecule has 0 saturated carbocycles. The summed E-state index contributed by atoms with van der Waals surface area (Å²) in [6, 6.07) is 13.0. The SMILES string of the molecule is Cc1ccccc1-n1c(CC2CCCCN2)nc2cccnc21. The number of aromatic nitrogens is 3. The zero-order chi connectivity index (χ0) is 15.6. The maximum atomic E-state index is 4.88. The number of benzene rings is 1. The molecule has 1 N–H and O–H groups in total. The fourth-order valence-corrected chi connectivity index (χ4v) is 3.48. The number of aryl methyl sites for hydroxylation is 1. The molecule has 1 aliphatic rings. The van der Waals surface area contributed by atoms with Crippen LogP contribution in [0.2, 0.25) is 0 Å². The van der Waals surface area contributed by atoms with Crippen molar-refractivity contribution < 1.29 is 0 Å². The Morgan fingerprint density at radius 2 is 2.09 bits per heavy atom. The van der Waals surface area contributed by atoms with Crippen LogP contribution in [0.15, 0.2) is 42.6 Å². The van der Waals surface area contributed by atoms with Gasteiger partial charge >= 0.3 is 0 Å². The lowest BCUT2D eigenvalue weighted by atomic mass is 10.0. The molecule has 23 heavy (non-hydrogen) atoms. The molecule has 1 unspecified atom stereocenters. The molecule has 1 aliphatic heterocycles. The summed E-state index contributed by atoms with van der Waals surface area (Å²) in [5.74, 6) is 1.10. The Labute approximate surface area is 136 Å². The smallest absolute Gasteiger partial charge is 0.164 e. The fraction of sp³-hybridized carbons (Fsp3) is 0.368. The van der Waals surface area contributed by atoms with Crippen molar-refractivity contribution in [3.63, 3.8) is 0 Å². The van der Waals surface area contributed by atoms with Crippen molar-refractivity contribution >= 4 is 11.2 Å². The van der Waals surface area contributed by atoms with Gasteiger partial charge in [0.2, 0.25) is 0 Å². The Balaban J connectivity index is 1.83. The highest BCUT2D eigenvalue weighted by Crippen LogP contribution is 2.24. The highest BCUT2D eigenvalue weighted by atomic mass is 15.1. The third kappa shape index (κ3) is 2.75. The lowest BCUT2D eigenvalue weighted by Gasteiger charge is -2.23. The number of nitrogens with zero attached hydrogens (tertiary/aromatic N) is 3. The highest BCUT2D eigenvalue weighted by Gasteiger charge is 2.20. The summed E-state index contributed by atoms with van der Waals surface area (Å²) in [5.41, 5.74) is 4.35. The summed E-state index contributed by atoms with van der Waals surface area (Å²) >= 11 is 0. The van der Waals surface area contributed by atoms with Gasteiger partial charge in [-0.3, -0.25) is 4.57 Å². The van der Waals surface area contributed by atoms with Crippen molar-refractivity contribution in [3.05, 3.63) is 54.0 Å². The normalized spacial score (nSPS) is 18.4. The maximum absolute atomic E-state index is 4.88. The second-order valence-corrected chi connectivity index (χ2v) is 6.35. The van der Waals surface area contributed by atoms with Gasteiger partial charge in [-0.25, -0.2) is 9.97 Å². The van der Waals surface area contributed by atoms with Crippen LogP contribution in [0.3, 0.4) is 0 Å². The highest BCUT2D eigenvalue weighted by molar-refractivity contribution is 5.74. The summed E-state index contributed by atoms with van der Waals surface area (Å²) in [4.78, 5) is 9.48. The van der Waals surface area contributed by atoms with Gasteiger partial charge in [-0.15, -0.1) is 0 Å². The van der Waals surface area contributed by atoms with Crippen molar-refractivity contribution in [2.75, 3.05) is 6.54 Å². The Hall–Kier alpha value is -2.20. The number of piperidine rings is 1. The molecule has 4 heteroatoms. The number of hydrogen-bond donors (Lipinski definition) is 1. The molecule has 4 rings (SSSR count). The quantitative estimate of drug-likeness (QED) is 0.806. The molecular formula is C19H22N4. The molecule has 0 amide bonds. The van der Waals surface area contributed by atoms with Gasteiger partial charge in [0.1, 0.15) is 11.3 Å². The number of para-hydroxylation sites is 1. The monoisotopic (exact) mass is 306 g/mol. The molecule has 1 fully saturated rings. The van der Waals surface area contributed by atoms with Gasteiger partial charge in [-0.2, -0.15) is 0 Å². The minimum atomic E-state index is 0.517. The number of imidazole rings is 1. The molecule has 1 atom stereocenters. The minimum absolute atomic E-state index is 0.517. The van der Waals surface area contributed by atoms with E-state index in [4.69, 9.17) is 4.98 Å². The summed E-state index contributed by atoms with van der Waals surface area (Å²) < 4.78 is 2.24. The second kappa shape index (κ2) is 6.13. The Kier molecular flexibility index (Phi) is 3.83. The first-order valence-electron chi connectivity index (χ1n) is 8.44. The first-order chi connectivity index (χ1) is 11.3. The topological polar surface area (TPSA) is 42.7 Å². The molecule has 3 heterocycles. The molecule has 1 aromatic carbocycles. The zero-order valence-corrected chi connectivity index (χ0v) is 13.5. The van der Waals surface area contributed by atoms with Crippen LogP contribution >= 0.6 is 0 Å². The van der Waals surface area contributed by atoms with Crippen LogP contribution in [0.25, 0.3) is 16.9 Å². The van der Waals surface area contributed by atoms with Gasteiger partial charge in [-0.05, 0) is 50.1 Å². The largest absolute Gasteiger partial charge is 0.314 e. The molecule has 4 nitrogen and oxygen atoms in total. The van der Waals surface area contributed by atoms with E-state index in [0.717, 1.165) is 30.0 Å². The third-order valence-electron chi connectivity index (χ3n) is 4.68. The van der Waals surface area contributed by atoms with Crippen LogP contribution in [0.1, 0.15) is 30.7 Å². The maximum Gasteiger partial charge on any atom is 0.164 e. The Morgan fingerprint density at radius 3 is 2.91 bits per heavy atom. The summed E-state index contributed by atoms with van der Waals surface area (Å²) in [6.45, 7) is 3.26. The van der Waals surface area contributed by atoms with Crippen molar-refractivity contribution in [1.29, 1.82) is 0 Å². The molecule has 2 aromatic heterocycles. The van der Waals surface area contributed by atoms with Crippen molar-refractivity contribution in [2.24, 2.45) is 0 Å². The van der Waals surface area contributed by atoms with Crippen LogP contribution in [-0.2, 0) is 6.42 Å². The predicted molar refractivity (Wildman–Crippen MR) is 92.9 cm³/mol. The van der Waals surface area contributed by atoms with Gasteiger partial charge in [0, 0.05) is 18.7 Å². The van der Waals surface area contributed by atoms with Crippen LogP contribution in [0.4, 0.5) is 0 Å². The Morgan fingerprint density at radius 1 is 1.17 bits per heavy atom. The van der Waals surface area contributed by atoms with E-state index in [9.17, 15) is 0 Å².